The zero-order valence-electron chi connectivity index (χ0n) is 23.8. The van der Waals surface area contributed by atoms with E-state index in [0.29, 0.717) is 0 Å². The molecule has 40 heavy (non-hydrogen) atoms. The van der Waals surface area contributed by atoms with Crippen LogP contribution in [0.2, 0.25) is 0 Å². The number of aromatic nitrogens is 2. The summed E-state index contributed by atoms with van der Waals surface area (Å²) in [6, 6.07) is 20.6. The van der Waals surface area contributed by atoms with Gasteiger partial charge in [0.2, 0.25) is 5.91 Å². The van der Waals surface area contributed by atoms with Gasteiger partial charge in [-0.3, -0.25) is 4.79 Å². The molecule has 202 valence electrons. The lowest BCUT2D eigenvalue weighted by Gasteiger charge is -2.32. The van der Waals surface area contributed by atoms with Crippen molar-refractivity contribution in [1.29, 1.82) is 0 Å². The number of para-hydroxylation sites is 1. The Morgan fingerprint density at radius 3 is 2.40 bits per heavy atom. The summed E-state index contributed by atoms with van der Waals surface area (Å²) in [7, 11) is 1.84. The number of aromatic amines is 1. The van der Waals surface area contributed by atoms with Crippen LogP contribution >= 0.6 is 0 Å². The summed E-state index contributed by atoms with van der Waals surface area (Å²) in [5.41, 5.74) is 7.32. The molecule has 0 bridgehead atoms. The number of hydrogen-bond acceptors (Lipinski definition) is 3. The maximum absolute atomic E-state index is 14.6. The van der Waals surface area contributed by atoms with Crippen LogP contribution in [0, 0.1) is 27.7 Å². The van der Waals surface area contributed by atoms with E-state index in [4.69, 9.17) is 4.74 Å². The second-order valence-electron chi connectivity index (χ2n) is 11.5. The fourth-order valence-corrected chi connectivity index (χ4v) is 7.62. The Labute approximate surface area is 233 Å². The second-order valence-corrected chi connectivity index (χ2v) is 11.5. The quantitative estimate of drug-likeness (QED) is 0.277. The summed E-state index contributed by atoms with van der Waals surface area (Å²) in [6.07, 6.45) is 0.242. The van der Waals surface area contributed by atoms with Crippen LogP contribution < -0.4 is 4.90 Å². The third-order valence-corrected chi connectivity index (χ3v) is 9.32. The molecule has 1 amide bonds. The van der Waals surface area contributed by atoms with Crippen molar-refractivity contribution in [2.45, 2.75) is 52.0 Å². The van der Waals surface area contributed by atoms with Gasteiger partial charge in [0.15, 0.2) is 5.54 Å². The molecule has 2 aliphatic rings. The summed E-state index contributed by atoms with van der Waals surface area (Å²) in [5, 5.41) is 2.12. The van der Waals surface area contributed by atoms with Gasteiger partial charge in [-0.05, 0) is 81.6 Å². The van der Waals surface area contributed by atoms with E-state index in [1.54, 1.807) is 4.90 Å². The van der Waals surface area contributed by atoms with E-state index in [9.17, 15) is 9.59 Å². The number of rotatable bonds is 3. The molecule has 1 spiro atoms. The number of nitrogens with one attached hydrogen (secondary N) is 1. The lowest BCUT2D eigenvalue weighted by Crippen LogP contribution is -2.45. The number of carbonyl (C=O) groups is 2. The molecule has 1 N–H and O–H groups in total. The minimum atomic E-state index is -1.28. The maximum atomic E-state index is 14.6. The smallest absolute Gasteiger partial charge is 0.338 e. The Balaban J connectivity index is 1.69. The summed E-state index contributed by atoms with van der Waals surface area (Å²) in [6.45, 7) is 10.4. The molecule has 0 fully saturated rings. The van der Waals surface area contributed by atoms with Gasteiger partial charge in [-0.15, -0.1) is 0 Å². The minimum absolute atomic E-state index is 0.0200. The van der Waals surface area contributed by atoms with E-state index in [1.165, 1.54) is 0 Å². The molecule has 2 aliphatic heterocycles. The van der Waals surface area contributed by atoms with E-state index < -0.39 is 11.0 Å². The number of amides is 1. The number of H-pyrrole nitrogens is 1. The van der Waals surface area contributed by atoms with E-state index in [2.05, 4.69) is 73.6 Å². The molecule has 0 saturated carbocycles. The molecule has 0 radical (unpaired) electrons. The Hall–Kier alpha value is -4.32. The summed E-state index contributed by atoms with van der Waals surface area (Å²) < 4.78 is 8.09. The molecule has 5 aromatic rings. The van der Waals surface area contributed by atoms with Crippen LogP contribution in [0.3, 0.4) is 0 Å². The van der Waals surface area contributed by atoms with E-state index in [-0.39, 0.29) is 24.9 Å². The predicted octanol–water partition coefficient (Wildman–Crippen LogP) is 6.33. The summed E-state index contributed by atoms with van der Waals surface area (Å²) in [5.74, 6) is -0.370. The minimum Gasteiger partial charge on any atom is -0.464 e. The zero-order chi connectivity index (χ0) is 28.1. The average Bonchev–Trinajstić information content (AvgIpc) is 3.61. The Morgan fingerprint density at radius 2 is 1.65 bits per heavy atom. The first kappa shape index (κ1) is 24.7. The zero-order valence-corrected chi connectivity index (χ0v) is 23.8. The van der Waals surface area contributed by atoms with Crippen LogP contribution in [0.4, 0.5) is 5.69 Å². The molecule has 0 saturated heterocycles. The number of benzene rings is 3. The number of nitrogens with zero attached hydrogens (tertiary/aromatic N) is 2. The Bertz CT molecular complexity index is 1910. The number of hydrogen-bond donors (Lipinski definition) is 1. The normalized spacial score (nSPS) is 21.6. The molecular formula is C34H33N3O3. The van der Waals surface area contributed by atoms with Gasteiger partial charge < -0.3 is 19.2 Å². The van der Waals surface area contributed by atoms with Crippen molar-refractivity contribution in [2.75, 3.05) is 18.6 Å². The Morgan fingerprint density at radius 1 is 0.950 bits per heavy atom. The van der Waals surface area contributed by atoms with Crippen LogP contribution in [0.5, 0.6) is 0 Å². The van der Waals surface area contributed by atoms with Gasteiger partial charge in [0.05, 0.1) is 12.3 Å². The lowest BCUT2D eigenvalue weighted by atomic mass is 9.71. The molecule has 7 rings (SSSR count). The van der Waals surface area contributed by atoms with Crippen LogP contribution in [-0.2, 0) is 25.3 Å². The molecule has 4 heterocycles. The van der Waals surface area contributed by atoms with Crippen molar-refractivity contribution in [3.8, 4) is 0 Å². The Kier molecular flexibility index (Phi) is 5.00. The second kappa shape index (κ2) is 8.10. The highest BCUT2D eigenvalue weighted by atomic mass is 16.5. The molecule has 3 aromatic carbocycles. The van der Waals surface area contributed by atoms with Gasteiger partial charge in [-0.25, -0.2) is 4.79 Å². The number of esters is 1. The highest BCUT2D eigenvalue weighted by Gasteiger charge is 2.67. The van der Waals surface area contributed by atoms with Gasteiger partial charge in [0, 0.05) is 46.7 Å². The number of fused-ring (bicyclic) bond motifs is 7. The maximum Gasteiger partial charge on any atom is 0.338 e. The molecule has 6 nitrogen and oxygen atoms in total. The standard InChI is InChI=1S/C34H33N3O3/c1-7-40-32(39)34(29-21(4)23-16-19(2)12-14-26(23)35-29)18-33(25-10-8-9-11-28(25)36(6)31(33)38)30-22(5)24-17-20(3)13-15-27(24)37(30)34/h8-17,35H,7,18H2,1-6H3/t33-,34+/m0/s1. The average molecular weight is 532 g/mol. The van der Waals surface area contributed by atoms with Gasteiger partial charge in [-0.1, -0.05) is 41.5 Å². The van der Waals surface area contributed by atoms with Crippen molar-refractivity contribution >= 4 is 39.4 Å². The van der Waals surface area contributed by atoms with Crippen molar-refractivity contribution in [1.82, 2.24) is 9.55 Å². The first-order valence-corrected chi connectivity index (χ1v) is 13.9. The lowest BCUT2D eigenvalue weighted by molar-refractivity contribution is -0.151. The van der Waals surface area contributed by atoms with Crippen LogP contribution in [0.25, 0.3) is 21.8 Å². The van der Waals surface area contributed by atoms with Crippen LogP contribution in [-0.4, -0.2) is 35.1 Å². The number of likely N-dealkylation sites (N-methyl/N-ethyl adjacent to an activating group) is 1. The fraction of sp³-hybridized carbons (Fsp3) is 0.294. The van der Waals surface area contributed by atoms with Crippen LogP contribution in [0.15, 0.2) is 60.7 Å². The van der Waals surface area contributed by atoms with Crippen molar-refractivity contribution < 1.29 is 14.3 Å². The van der Waals surface area contributed by atoms with E-state index >= 15 is 0 Å². The molecular weight excluding hydrogens is 498 g/mol. The van der Waals surface area contributed by atoms with Crippen molar-refractivity contribution in [2.24, 2.45) is 0 Å². The van der Waals surface area contributed by atoms with E-state index in [1.807, 2.05) is 38.2 Å². The predicted molar refractivity (Wildman–Crippen MR) is 158 cm³/mol. The van der Waals surface area contributed by atoms with Gasteiger partial charge in [0.25, 0.3) is 0 Å². The third kappa shape index (κ3) is 2.78. The van der Waals surface area contributed by atoms with Gasteiger partial charge in [-0.2, -0.15) is 0 Å². The van der Waals surface area contributed by atoms with Crippen LogP contribution in [0.1, 0.15) is 52.5 Å². The highest BCUT2D eigenvalue weighted by Crippen LogP contribution is 2.61. The largest absolute Gasteiger partial charge is 0.464 e. The first-order chi connectivity index (χ1) is 19.2. The first-order valence-electron chi connectivity index (χ1n) is 13.9. The topological polar surface area (TPSA) is 67.3 Å². The van der Waals surface area contributed by atoms with Crippen molar-refractivity contribution in [3.05, 3.63) is 99.9 Å². The number of aryl methyl sites for hydroxylation is 4. The van der Waals surface area contributed by atoms with Crippen molar-refractivity contribution in [3.63, 3.8) is 0 Å². The molecule has 2 aromatic heterocycles. The highest BCUT2D eigenvalue weighted by molar-refractivity contribution is 6.13. The number of ether oxygens (including phenoxy) is 1. The van der Waals surface area contributed by atoms with Gasteiger partial charge >= 0.3 is 5.97 Å². The third-order valence-electron chi connectivity index (χ3n) is 9.32. The van der Waals surface area contributed by atoms with E-state index in [0.717, 1.165) is 66.7 Å². The summed E-state index contributed by atoms with van der Waals surface area (Å²) >= 11 is 0. The molecule has 2 atom stereocenters. The SMILES string of the molecule is CCOC(=O)[C@]1(c2[nH]c3ccc(C)cc3c2C)C[C@@]2(C(=O)N(C)c3ccccc32)c2c(C)c3cc(C)ccc3n21. The molecule has 0 unspecified atom stereocenters. The summed E-state index contributed by atoms with van der Waals surface area (Å²) in [4.78, 5) is 34.6. The number of anilines is 1. The molecule has 0 aliphatic carbocycles. The fourth-order valence-electron chi connectivity index (χ4n) is 7.62. The molecule has 6 heteroatoms. The van der Waals surface area contributed by atoms with Gasteiger partial charge in [0.1, 0.15) is 5.41 Å². The number of carbonyl (C=O) groups excluding carboxylic acids is 2. The monoisotopic (exact) mass is 531 g/mol.